The zero-order valence-electron chi connectivity index (χ0n) is 10.4. The molecule has 1 rings (SSSR count). The van der Waals surface area contributed by atoms with Gasteiger partial charge in [0, 0.05) is 5.56 Å². The molecule has 0 amide bonds. The Bertz CT molecular complexity index is 436. The minimum absolute atomic E-state index is 0.112. The molecule has 18 heavy (non-hydrogen) atoms. The minimum Gasteiger partial charge on any atom is -0.495 e. The molecular formula is C12H15FO4S. The summed E-state index contributed by atoms with van der Waals surface area (Å²) in [6.07, 6.45) is 0.0586. The van der Waals surface area contributed by atoms with Crippen LogP contribution in [-0.4, -0.2) is 31.0 Å². The maximum atomic E-state index is 14.1. The maximum absolute atomic E-state index is 14.1. The second-order valence-corrected chi connectivity index (χ2v) is 4.18. The Morgan fingerprint density at radius 1 is 1.56 bits per heavy atom. The van der Waals surface area contributed by atoms with Crippen molar-refractivity contribution >= 4 is 17.7 Å². The zero-order chi connectivity index (χ0) is 13.7. The predicted molar refractivity (Wildman–Crippen MR) is 66.3 cm³/mol. The average molecular weight is 274 g/mol. The van der Waals surface area contributed by atoms with Crippen molar-refractivity contribution in [3.8, 4) is 5.75 Å². The lowest BCUT2D eigenvalue weighted by Gasteiger charge is -2.14. The largest absolute Gasteiger partial charge is 0.495 e. The SMILES string of the molecule is CCOC(=O)C(O)c1ccc(OC)c(SC)c1F. The molecule has 0 radical (unpaired) electrons. The fraction of sp³-hybridized carbons (Fsp3) is 0.417. The van der Waals surface area contributed by atoms with E-state index < -0.39 is 17.9 Å². The number of hydrogen-bond acceptors (Lipinski definition) is 5. The quantitative estimate of drug-likeness (QED) is 0.658. The van der Waals surface area contributed by atoms with Crippen LogP contribution < -0.4 is 4.74 Å². The van der Waals surface area contributed by atoms with Crippen molar-refractivity contribution in [3.63, 3.8) is 0 Å². The Labute approximate surface area is 109 Å². The van der Waals surface area contributed by atoms with E-state index in [-0.39, 0.29) is 17.1 Å². The number of hydrogen-bond donors (Lipinski definition) is 1. The first-order chi connectivity index (χ1) is 8.56. The lowest BCUT2D eigenvalue weighted by molar-refractivity contribution is -0.153. The molecule has 1 atom stereocenters. The summed E-state index contributed by atoms with van der Waals surface area (Å²) in [5.74, 6) is -1.17. The summed E-state index contributed by atoms with van der Waals surface area (Å²) in [5.41, 5.74) is -0.112. The molecular weight excluding hydrogens is 259 g/mol. The number of carbonyl (C=O) groups is 1. The van der Waals surface area contributed by atoms with Crippen LogP contribution in [0.5, 0.6) is 5.75 Å². The van der Waals surface area contributed by atoms with Crippen LogP contribution in [0.2, 0.25) is 0 Å². The smallest absolute Gasteiger partial charge is 0.339 e. The summed E-state index contributed by atoms with van der Waals surface area (Å²) >= 11 is 1.14. The van der Waals surface area contributed by atoms with Gasteiger partial charge in [-0.15, -0.1) is 11.8 Å². The van der Waals surface area contributed by atoms with Crippen LogP contribution in [0.4, 0.5) is 4.39 Å². The predicted octanol–water partition coefficient (Wildman–Crippen LogP) is 2.15. The van der Waals surface area contributed by atoms with Gasteiger partial charge in [-0.1, -0.05) is 0 Å². The Morgan fingerprint density at radius 2 is 2.22 bits per heavy atom. The van der Waals surface area contributed by atoms with E-state index in [1.54, 1.807) is 13.2 Å². The van der Waals surface area contributed by atoms with E-state index in [0.29, 0.717) is 5.75 Å². The first kappa shape index (κ1) is 14.8. The third kappa shape index (κ3) is 2.94. The van der Waals surface area contributed by atoms with E-state index in [0.717, 1.165) is 11.8 Å². The van der Waals surface area contributed by atoms with Gasteiger partial charge < -0.3 is 14.6 Å². The van der Waals surface area contributed by atoms with Crippen LogP contribution in [0.25, 0.3) is 0 Å². The van der Waals surface area contributed by atoms with Gasteiger partial charge in [-0.05, 0) is 25.3 Å². The molecule has 0 heterocycles. The van der Waals surface area contributed by atoms with Gasteiger partial charge in [0.25, 0.3) is 0 Å². The number of carbonyl (C=O) groups excluding carboxylic acids is 1. The van der Waals surface area contributed by atoms with Crippen LogP contribution in [0.3, 0.4) is 0 Å². The van der Waals surface area contributed by atoms with Crippen molar-refractivity contribution in [2.75, 3.05) is 20.0 Å². The zero-order valence-corrected chi connectivity index (χ0v) is 11.2. The summed E-state index contributed by atoms with van der Waals surface area (Å²) in [7, 11) is 1.43. The Hall–Kier alpha value is -1.27. The number of esters is 1. The molecule has 0 aliphatic heterocycles. The molecule has 0 aliphatic rings. The van der Waals surface area contributed by atoms with Gasteiger partial charge in [-0.25, -0.2) is 9.18 Å². The molecule has 0 aromatic heterocycles. The highest BCUT2D eigenvalue weighted by Gasteiger charge is 2.25. The molecule has 1 aromatic rings. The highest BCUT2D eigenvalue weighted by molar-refractivity contribution is 7.98. The standard InChI is InChI=1S/C12H15FO4S/c1-4-17-12(15)10(14)7-5-6-8(16-2)11(18-3)9(7)13/h5-6,10,14H,4H2,1-3H3. The van der Waals surface area contributed by atoms with E-state index in [2.05, 4.69) is 4.74 Å². The van der Waals surface area contributed by atoms with E-state index in [9.17, 15) is 14.3 Å². The highest BCUT2D eigenvalue weighted by atomic mass is 32.2. The molecule has 1 aromatic carbocycles. The molecule has 0 bridgehead atoms. The van der Waals surface area contributed by atoms with Crippen LogP contribution in [0.1, 0.15) is 18.6 Å². The number of benzene rings is 1. The van der Waals surface area contributed by atoms with Crippen molar-refractivity contribution in [1.82, 2.24) is 0 Å². The van der Waals surface area contributed by atoms with Gasteiger partial charge in [0.2, 0.25) is 0 Å². The van der Waals surface area contributed by atoms with Gasteiger partial charge >= 0.3 is 5.97 Å². The van der Waals surface area contributed by atoms with Gasteiger partial charge in [-0.2, -0.15) is 0 Å². The molecule has 0 aliphatic carbocycles. The van der Waals surface area contributed by atoms with E-state index in [1.807, 2.05) is 0 Å². The second kappa shape index (κ2) is 6.61. The number of rotatable bonds is 5. The van der Waals surface area contributed by atoms with Crippen molar-refractivity contribution in [2.45, 2.75) is 17.9 Å². The highest BCUT2D eigenvalue weighted by Crippen LogP contribution is 2.34. The monoisotopic (exact) mass is 274 g/mol. The summed E-state index contributed by atoms with van der Waals surface area (Å²) < 4.78 is 23.8. The van der Waals surface area contributed by atoms with Gasteiger partial charge in [0.1, 0.15) is 11.6 Å². The second-order valence-electron chi connectivity index (χ2n) is 3.36. The van der Waals surface area contributed by atoms with Crippen LogP contribution in [0, 0.1) is 5.82 Å². The normalized spacial score (nSPS) is 12.1. The van der Waals surface area contributed by atoms with Crippen molar-refractivity contribution < 1.29 is 23.8 Å². The first-order valence-corrected chi connectivity index (χ1v) is 6.54. The number of thioether (sulfide) groups is 1. The summed E-state index contributed by atoms with van der Waals surface area (Å²) in [4.78, 5) is 11.6. The number of ether oxygens (including phenoxy) is 2. The molecule has 4 nitrogen and oxygen atoms in total. The molecule has 0 fully saturated rings. The molecule has 100 valence electrons. The molecule has 6 heteroatoms. The van der Waals surface area contributed by atoms with Crippen molar-refractivity contribution in [2.24, 2.45) is 0 Å². The van der Waals surface area contributed by atoms with Crippen LogP contribution >= 0.6 is 11.8 Å². The van der Waals surface area contributed by atoms with Gasteiger partial charge in [-0.3, -0.25) is 0 Å². The fourth-order valence-electron chi connectivity index (χ4n) is 1.46. The number of methoxy groups -OCH3 is 1. The Kier molecular flexibility index (Phi) is 5.43. The van der Waals surface area contributed by atoms with E-state index >= 15 is 0 Å². The number of aliphatic hydroxyl groups excluding tert-OH is 1. The lowest BCUT2D eigenvalue weighted by Crippen LogP contribution is -2.17. The first-order valence-electron chi connectivity index (χ1n) is 5.31. The van der Waals surface area contributed by atoms with Gasteiger partial charge in [0.15, 0.2) is 6.10 Å². The minimum atomic E-state index is -1.62. The third-order valence-corrected chi connectivity index (χ3v) is 3.11. The summed E-state index contributed by atoms with van der Waals surface area (Å²) in [5, 5.41) is 9.72. The molecule has 0 saturated carbocycles. The molecule has 0 spiro atoms. The average Bonchev–Trinajstić information content (AvgIpc) is 2.37. The summed E-state index contributed by atoms with van der Waals surface area (Å²) in [6, 6.07) is 2.82. The number of aliphatic hydroxyl groups is 1. The van der Waals surface area contributed by atoms with Crippen molar-refractivity contribution in [1.29, 1.82) is 0 Å². The van der Waals surface area contributed by atoms with Gasteiger partial charge in [0.05, 0.1) is 18.6 Å². The van der Waals surface area contributed by atoms with E-state index in [4.69, 9.17) is 4.74 Å². The molecule has 0 saturated heterocycles. The molecule has 1 N–H and O–H groups in total. The molecule has 1 unspecified atom stereocenters. The third-order valence-electron chi connectivity index (χ3n) is 2.32. The maximum Gasteiger partial charge on any atom is 0.339 e. The van der Waals surface area contributed by atoms with Crippen LogP contribution in [-0.2, 0) is 9.53 Å². The Balaban J connectivity index is 3.14. The number of halogens is 1. The van der Waals surface area contributed by atoms with Crippen LogP contribution in [0.15, 0.2) is 17.0 Å². The van der Waals surface area contributed by atoms with E-state index in [1.165, 1.54) is 19.2 Å². The summed E-state index contributed by atoms with van der Waals surface area (Å²) in [6.45, 7) is 1.74. The lowest BCUT2D eigenvalue weighted by atomic mass is 10.1. The topological polar surface area (TPSA) is 55.8 Å². The fourth-order valence-corrected chi connectivity index (χ4v) is 2.11. The van der Waals surface area contributed by atoms with Crippen molar-refractivity contribution in [3.05, 3.63) is 23.5 Å². The Morgan fingerprint density at radius 3 is 2.72 bits per heavy atom.